The van der Waals surface area contributed by atoms with Gasteiger partial charge in [0.05, 0.1) is 13.2 Å². The highest BCUT2D eigenvalue weighted by molar-refractivity contribution is 6.50. The van der Waals surface area contributed by atoms with E-state index in [1.807, 2.05) is 13.8 Å². The third-order valence-corrected chi connectivity index (χ3v) is 2.68. The number of carbonyl (C=O) groups excluding carboxylic acids is 2. The first-order valence-electron chi connectivity index (χ1n) is 6.31. The molecule has 1 aliphatic carbocycles. The van der Waals surface area contributed by atoms with E-state index in [0.29, 0.717) is 35.9 Å². The molecule has 0 aromatic rings. The van der Waals surface area contributed by atoms with E-state index in [-0.39, 0.29) is 0 Å². The maximum atomic E-state index is 11.8. The smallest absolute Gasteiger partial charge is 0.232 e. The van der Waals surface area contributed by atoms with Crippen LogP contribution in [0.25, 0.3) is 0 Å². The maximum Gasteiger partial charge on any atom is 0.232 e. The summed E-state index contributed by atoms with van der Waals surface area (Å²) in [5.74, 6) is -0.148. The first-order valence-corrected chi connectivity index (χ1v) is 6.31. The number of Topliss-reactive ketones (excluding diaryl/α,β-unsaturated/α-hetero) is 2. The molecule has 1 rings (SSSR count). The third-order valence-electron chi connectivity index (χ3n) is 2.68. The first-order chi connectivity index (χ1) is 8.54. The lowest BCUT2D eigenvalue weighted by Crippen LogP contribution is -2.26. The summed E-state index contributed by atoms with van der Waals surface area (Å²) in [6.07, 6.45) is 1.66. The van der Waals surface area contributed by atoms with E-state index in [9.17, 15) is 9.59 Å². The van der Waals surface area contributed by atoms with Crippen LogP contribution >= 0.6 is 0 Å². The molecule has 0 N–H and O–H groups in total. The van der Waals surface area contributed by atoms with Crippen molar-refractivity contribution in [3.63, 3.8) is 0 Å². The fraction of sp³-hybridized carbons (Fsp3) is 0.571. The number of carbonyl (C=O) groups is 2. The van der Waals surface area contributed by atoms with Crippen LogP contribution in [-0.4, -0.2) is 24.8 Å². The molecule has 4 heteroatoms. The molecular weight excluding hydrogens is 232 g/mol. The first kappa shape index (κ1) is 14.5. The molecular formula is C14H20O4. The molecule has 0 aromatic heterocycles. The van der Waals surface area contributed by atoms with Crippen molar-refractivity contribution in [2.45, 2.75) is 40.5 Å². The van der Waals surface area contributed by atoms with Crippen LogP contribution in [-0.2, 0) is 19.1 Å². The highest BCUT2D eigenvalue weighted by Gasteiger charge is 2.32. The Balaban J connectivity index is 3.11. The summed E-state index contributed by atoms with van der Waals surface area (Å²) >= 11 is 0. The maximum absolute atomic E-state index is 11.8. The van der Waals surface area contributed by atoms with Crippen molar-refractivity contribution in [1.82, 2.24) is 0 Å². The molecule has 1 aliphatic rings. The zero-order valence-electron chi connectivity index (χ0n) is 11.5. The lowest BCUT2D eigenvalue weighted by molar-refractivity contribution is -0.132. The summed E-state index contributed by atoms with van der Waals surface area (Å²) in [5, 5.41) is 0. The molecule has 0 unspecified atom stereocenters. The van der Waals surface area contributed by atoms with E-state index < -0.39 is 11.6 Å². The minimum atomic E-state index is -0.498. The van der Waals surface area contributed by atoms with E-state index in [1.165, 1.54) is 0 Å². The molecule has 0 radical (unpaired) electrons. The summed E-state index contributed by atoms with van der Waals surface area (Å²) in [6, 6.07) is 0. The van der Waals surface area contributed by atoms with Gasteiger partial charge in [0.15, 0.2) is 11.5 Å². The molecule has 0 fully saturated rings. The normalized spacial score (nSPS) is 16.4. The number of hydrogen-bond donors (Lipinski definition) is 0. The van der Waals surface area contributed by atoms with Gasteiger partial charge in [0.2, 0.25) is 11.6 Å². The SMILES string of the molecule is CCCOC1=C(C)C(=O)C(=O)C(C)=C1OCCC. The Labute approximate surface area is 108 Å². The van der Waals surface area contributed by atoms with Gasteiger partial charge in [-0.3, -0.25) is 9.59 Å². The molecule has 0 aliphatic heterocycles. The molecule has 0 aromatic carbocycles. The van der Waals surface area contributed by atoms with Gasteiger partial charge in [-0.2, -0.15) is 0 Å². The topological polar surface area (TPSA) is 52.6 Å². The van der Waals surface area contributed by atoms with Gasteiger partial charge in [-0.25, -0.2) is 0 Å². The van der Waals surface area contributed by atoms with E-state index >= 15 is 0 Å². The number of ether oxygens (including phenoxy) is 2. The third kappa shape index (κ3) is 2.81. The Morgan fingerprint density at radius 1 is 0.778 bits per heavy atom. The van der Waals surface area contributed by atoms with Crippen LogP contribution in [0.3, 0.4) is 0 Å². The molecule has 0 amide bonds. The van der Waals surface area contributed by atoms with Crippen molar-refractivity contribution in [2.24, 2.45) is 0 Å². The van der Waals surface area contributed by atoms with Gasteiger partial charge in [0.1, 0.15) is 0 Å². The molecule has 0 saturated carbocycles. The van der Waals surface area contributed by atoms with Crippen molar-refractivity contribution < 1.29 is 19.1 Å². The number of rotatable bonds is 6. The van der Waals surface area contributed by atoms with E-state index in [0.717, 1.165) is 12.8 Å². The number of ketones is 2. The van der Waals surface area contributed by atoms with Gasteiger partial charge in [-0.1, -0.05) is 13.8 Å². The van der Waals surface area contributed by atoms with Crippen LogP contribution in [0, 0.1) is 0 Å². The second kappa shape index (κ2) is 6.38. The molecule has 18 heavy (non-hydrogen) atoms. The molecule has 0 spiro atoms. The van der Waals surface area contributed by atoms with Crippen LogP contribution in [0.1, 0.15) is 40.5 Å². The molecule has 0 heterocycles. The van der Waals surface area contributed by atoms with Crippen molar-refractivity contribution >= 4 is 11.6 Å². The molecule has 0 saturated heterocycles. The summed E-state index contributed by atoms with van der Waals surface area (Å²) in [4.78, 5) is 23.5. The zero-order chi connectivity index (χ0) is 13.7. The van der Waals surface area contributed by atoms with Gasteiger partial charge < -0.3 is 9.47 Å². The predicted molar refractivity (Wildman–Crippen MR) is 67.9 cm³/mol. The van der Waals surface area contributed by atoms with Crippen LogP contribution in [0.4, 0.5) is 0 Å². The Morgan fingerprint density at radius 2 is 1.11 bits per heavy atom. The minimum absolute atomic E-state index is 0.338. The largest absolute Gasteiger partial charge is 0.489 e. The van der Waals surface area contributed by atoms with Gasteiger partial charge in [0, 0.05) is 11.1 Å². The van der Waals surface area contributed by atoms with Crippen molar-refractivity contribution in [2.75, 3.05) is 13.2 Å². The monoisotopic (exact) mass is 252 g/mol. The number of hydrogen-bond acceptors (Lipinski definition) is 4. The predicted octanol–water partition coefficient (Wildman–Crippen LogP) is 2.54. The Bertz CT molecular complexity index is 376. The standard InChI is InChI=1S/C14H20O4/c1-5-7-17-13-9(3)11(15)12(16)10(4)14(13)18-8-6-2/h5-8H2,1-4H3. The summed E-state index contributed by atoms with van der Waals surface area (Å²) in [7, 11) is 0. The van der Waals surface area contributed by atoms with Crippen molar-refractivity contribution in [1.29, 1.82) is 0 Å². The highest BCUT2D eigenvalue weighted by atomic mass is 16.5. The molecule has 0 bridgehead atoms. The molecule has 100 valence electrons. The lowest BCUT2D eigenvalue weighted by atomic mass is 9.95. The molecule has 4 nitrogen and oxygen atoms in total. The van der Waals surface area contributed by atoms with Gasteiger partial charge >= 0.3 is 0 Å². The van der Waals surface area contributed by atoms with E-state index in [1.54, 1.807) is 13.8 Å². The average molecular weight is 252 g/mol. The minimum Gasteiger partial charge on any atom is -0.489 e. The van der Waals surface area contributed by atoms with Crippen LogP contribution in [0.15, 0.2) is 22.7 Å². The Hall–Kier alpha value is -1.58. The average Bonchev–Trinajstić information content (AvgIpc) is 2.38. The van der Waals surface area contributed by atoms with Crippen molar-refractivity contribution in [3.8, 4) is 0 Å². The van der Waals surface area contributed by atoms with Gasteiger partial charge in [-0.15, -0.1) is 0 Å². The Kier molecular flexibility index (Phi) is 5.13. The van der Waals surface area contributed by atoms with Crippen LogP contribution in [0.5, 0.6) is 0 Å². The fourth-order valence-corrected chi connectivity index (χ4v) is 1.64. The quantitative estimate of drug-likeness (QED) is 0.538. The second-order valence-electron chi connectivity index (χ2n) is 4.26. The van der Waals surface area contributed by atoms with Crippen LogP contribution < -0.4 is 0 Å². The van der Waals surface area contributed by atoms with E-state index in [4.69, 9.17) is 9.47 Å². The fourth-order valence-electron chi connectivity index (χ4n) is 1.64. The Morgan fingerprint density at radius 3 is 1.39 bits per heavy atom. The summed E-state index contributed by atoms with van der Waals surface area (Å²) < 4.78 is 11.1. The highest BCUT2D eigenvalue weighted by Crippen LogP contribution is 2.28. The molecule has 0 atom stereocenters. The zero-order valence-corrected chi connectivity index (χ0v) is 11.5. The lowest BCUT2D eigenvalue weighted by Gasteiger charge is -2.22. The summed E-state index contributed by atoms with van der Waals surface area (Å²) in [5.41, 5.74) is 0.676. The summed E-state index contributed by atoms with van der Waals surface area (Å²) in [6.45, 7) is 8.17. The van der Waals surface area contributed by atoms with Crippen molar-refractivity contribution in [3.05, 3.63) is 22.7 Å². The van der Waals surface area contributed by atoms with Gasteiger partial charge in [-0.05, 0) is 26.7 Å². The van der Waals surface area contributed by atoms with Gasteiger partial charge in [0.25, 0.3) is 0 Å². The number of allylic oxidation sites excluding steroid dienone is 2. The van der Waals surface area contributed by atoms with Crippen LogP contribution in [0.2, 0.25) is 0 Å². The van der Waals surface area contributed by atoms with E-state index in [2.05, 4.69) is 0 Å². The second-order valence-corrected chi connectivity index (χ2v) is 4.26.